The average molecular weight is 313 g/mol. The van der Waals surface area contributed by atoms with Crippen molar-refractivity contribution in [3.63, 3.8) is 0 Å². The lowest BCUT2D eigenvalue weighted by Crippen LogP contribution is -2.63. The standard InChI is InChI=1S/C14H21BrN2O/c1-14(2)10-16-9-13(6-7-18)17(14)12-5-3-4-11(15)8-12/h3-5,8,13,16,18H,6-7,9-10H2,1-2H3. The Morgan fingerprint density at radius 1 is 1.50 bits per heavy atom. The molecular weight excluding hydrogens is 292 g/mol. The second kappa shape index (κ2) is 5.59. The van der Waals surface area contributed by atoms with E-state index >= 15 is 0 Å². The lowest BCUT2D eigenvalue weighted by atomic mass is 9.94. The minimum absolute atomic E-state index is 0.0544. The highest BCUT2D eigenvalue weighted by atomic mass is 79.9. The third kappa shape index (κ3) is 2.87. The summed E-state index contributed by atoms with van der Waals surface area (Å²) < 4.78 is 1.09. The second-order valence-electron chi connectivity index (χ2n) is 5.46. The average Bonchev–Trinajstić information content (AvgIpc) is 2.28. The number of hydrogen-bond donors (Lipinski definition) is 2. The number of anilines is 1. The molecule has 0 spiro atoms. The Morgan fingerprint density at radius 3 is 2.94 bits per heavy atom. The third-order valence-corrected chi connectivity index (χ3v) is 4.00. The van der Waals surface area contributed by atoms with Gasteiger partial charge in [-0.05, 0) is 38.5 Å². The van der Waals surface area contributed by atoms with Crippen molar-refractivity contribution in [2.45, 2.75) is 31.8 Å². The van der Waals surface area contributed by atoms with Crippen LogP contribution < -0.4 is 10.2 Å². The Balaban J connectivity index is 2.34. The highest BCUT2D eigenvalue weighted by molar-refractivity contribution is 9.10. The van der Waals surface area contributed by atoms with Crippen LogP contribution in [0.5, 0.6) is 0 Å². The van der Waals surface area contributed by atoms with Crippen LogP contribution in [-0.4, -0.2) is 36.4 Å². The van der Waals surface area contributed by atoms with Crippen molar-refractivity contribution >= 4 is 21.6 Å². The van der Waals surface area contributed by atoms with Crippen molar-refractivity contribution in [1.29, 1.82) is 0 Å². The minimum Gasteiger partial charge on any atom is -0.396 e. The van der Waals surface area contributed by atoms with Gasteiger partial charge in [0, 0.05) is 41.4 Å². The third-order valence-electron chi connectivity index (χ3n) is 3.50. The van der Waals surface area contributed by atoms with Gasteiger partial charge in [-0.2, -0.15) is 0 Å². The van der Waals surface area contributed by atoms with Crippen LogP contribution in [0.4, 0.5) is 5.69 Å². The topological polar surface area (TPSA) is 35.5 Å². The summed E-state index contributed by atoms with van der Waals surface area (Å²) in [5, 5.41) is 12.7. The fraction of sp³-hybridized carbons (Fsp3) is 0.571. The van der Waals surface area contributed by atoms with Crippen LogP contribution in [0.1, 0.15) is 20.3 Å². The Morgan fingerprint density at radius 2 is 2.28 bits per heavy atom. The molecule has 2 N–H and O–H groups in total. The van der Waals surface area contributed by atoms with Crippen LogP contribution in [0.15, 0.2) is 28.7 Å². The first-order chi connectivity index (χ1) is 8.54. The van der Waals surface area contributed by atoms with Gasteiger partial charge in [0.25, 0.3) is 0 Å². The lowest BCUT2D eigenvalue weighted by Gasteiger charge is -2.50. The normalized spacial score (nSPS) is 23.1. The SMILES string of the molecule is CC1(C)CNCC(CCO)N1c1cccc(Br)c1. The van der Waals surface area contributed by atoms with E-state index in [4.69, 9.17) is 0 Å². The molecule has 4 heteroatoms. The molecule has 1 atom stereocenters. The number of nitrogens with one attached hydrogen (secondary N) is 1. The molecule has 1 aliphatic heterocycles. The van der Waals surface area contributed by atoms with Gasteiger partial charge in [0.1, 0.15) is 0 Å². The van der Waals surface area contributed by atoms with Gasteiger partial charge < -0.3 is 15.3 Å². The Hall–Kier alpha value is -0.580. The van der Waals surface area contributed by atoms with Crippen LogP contribution in [-0.2, 0) is 0 Å². The van der Waals surface area contributed by atoms with Crippen molar-refractivity contribution in [1.82, 2.24) is 5.32 Å². The number of benzene rings is 1. The van der Waals surface area contributed by atoms with E-state index in [1.165, 1.54) is 5.69 Å². The zero-order valence-corrected chi connectivity index (χ0v) is 12.6. The van der Waals surface area contributed by atoms with E-state index in [9.17, 15) is 5.11 Å². The van der Waals surface area contributed by atoms with Crippen molar-refractivity contribution < 1.29 is 5.11 Å². The van der Waals surface area contributed by atoms with Crippen LogP contribution in [0.3, 0.4) is 0 Å². The number of aliphatic hydroxyl groups is 1. The molecule has 1 saturated heterocycles. The van der Waals surface area contributed by atoms with E-state index in [1.807, 2.05) is 6.07 Å². The zero-order valence-electron chi connectivity index (χ0n) is 11.0. The first kappa shape index (κ1) is 13.8. The van der Waals surface area contributed by atoms with E-state index in [1.54, 1.807) is 0 Å². The maximum Gasteiger partial charge on any atom is 0.0473 e. The Kier molecular flexibility index (Phi) is 4.30. The molecule has 1 aromatic carbocycles. The molecule has 18 heavy (non-hydrogen) atoms. The molecule has 1 heterocycles. The van der Waals surface area contributed by atoms with Gasteiger partial charge in [0.2, 0.25) is 0 Å². The summed E-state index contributed by atoms with van der Waals surface area (Å²) in [5.41, 5.74) is 1.27. The monoisotopic (exact) mass is 312 g/mol. The summed E-state index contributed by atoms with van der Waals surface area (Å²) in [6.45, 7) is 6.60. The van der Waals surface area contributed by atoms with E-state index in [2.05, 4.69) is 58.2 Å². The van der Waals surface area contributed by atoms with Gasteiger partial charge in [-0.1, -0.05) is 22.0 Å². The largest absolute Gasteiger partial charge is 0.396 e. The molecule has 1 unspecified atom stereocenters. The number of rotatable bonds is 3. The van der Waals surface area contributed by atoms with Gasteiger partial charge in [-0.25, -0.2) is 0 Å². The summed E-state index contributed by atoms with van der Waals surface area (Å²) in [5.74, 6) is 0. The fourth-order valence-electron chi connectivity index (χ4n) is 2.78. The number of halogens is 1. The molecule has 2 rings (SSSR count). The van der Waals surface area contributed by atoms with Gasteiger partial charge in [0.15, 0.2) is 0 Å². The molecular formula is C14H21BrN2O. The first-order valence-electron chi connectivity index (χ1n) is 6.41. The fourth-order valence-corrected chi connectivity index (χ4v) is 3.17. The van der Waals surface area contributed by atoms with E-state index < -0.39 is 0 Å². The number of hydrogen-bond acceptors (Lipinski definition) is 3. The molecule has 0 radical (unpaired) electrons. The van der Waals surface area contributed by atoms with Gasteiger partial charge >= 0.3 is 0 Å². The maximum atomic E-state index is 9.24. The smallest absolute Gasteiger partial charge is 0.0473 e. The molecule has 1 fully saturated rings. The van der Waals surface area contributed by atoms with Crippen molar-refractivity contribution in [3.8, 4) is 0 Å². The molecule has 1 aromatic rings. The van der Waals surface area contributed by atoms with E-state index in [-0.39, 0.29) is 12.1 Å². The predicted octanol–water partition coefficient (Wildman–Crippen LogP) is 2.39. The quantitative estimate of drug-likeness (QED) is 0.899. The molecule has 0 bridgehead atoms. The maximum absolute atomic E-state index is 9.24. The van der Waals surface area contributed by atoms with Crippen LogP contribution in [0, 0.1) is 0 Å². The van der Waals surface area contributed by atoms with Gasteiger partial charge in [0.05, 0.1) is 0 Å². The minimum atomic E-state index is 0.0544. The van der Waals surface area contributed by atoms with Crippen molar-refractivity contribution in [3.05, 3.63) is 28.7 Å². The molecule has 1 aliphatic rings. The number of piperazine rings is 1. The summed E-state index contributed by atoms with van der Waals surface area (Å²) in [7, 11) is 0. The number of nitrogens with zero attached hydrogens (tertiary/aromatic N) is 1. The van der Waals surface area contributed by atoms with Crippen LogP contribution >= 0.6 is 15.9 Å². The summed E-state index contributed by atoms with van der Waals surface area (Å²) in [6.07, 6.45) is 0.795. The molecule has 100 valence electrons. The lowest BCUT2D eigenvalue weighted by molar-refractivity contribution is 0.241. The van der Waals surface area contributed by atoms with Crippen molar-refractivity contribution in [2.75, 3.05) is 24.6 Å². The Labute approximate surface area is 117 Å². The second-order valence-corrected chi connectivity index (χ2v) is 6.37. The highest BCUT2D eigenvalue weighted by Crippen LogP contribution is 2.31. The first-order valence-corrected chi connectivity index (χ1v) is 7.20. The molecule has 0 saturated carbocycles. The Bertz CT molecular complexity index is 407. The summed E-state index contributed by atoms with van der Waals surface area (Å²) in [4.78, 5) is 2.44. The summed E-state index contributed by atoms with van der Waals surface area (Å²) in [6, 6.07) is 8.74. The van der Waals surface area contributed by atoms with Crippen molar-refractivity contribution in [2.24, 2.45) is 0 Å². The van der Waals surface area contributed by atoms with Crippen LogP contribution in [0.25, 0.3) is 0 Å². The zero-order chi connectivity index (χ0) is 13.2. The molecule has 0 amide bonds. The summed E-state index contributed by atoms with van der Waals surface area (Å²) >= 11 is 3.53. The van der Waals surface area contributed by atoms with Gasteiger partial charge in [-0.15, -0.1) is 0 Å². The van der Waals surface area contributed by atoms with Gasteiger partial charge in [-0.3, -0.25) is 0 Å². The molecule has 0 aromatic heterocycles. The van der Waals surface area contributed by atoms with Crippen LogP contribution in [0.2, 0.25) is 0 Å². The highest BCUT2D eigenvalue weighted by Gasteiger charge is 2.35. The molecule has 3 nitrogen and oxygen atoms in total. The molecule has 0 aliphatic carbocycles. The van der Waals surface area contributed by atoms with E-state index in [0.29, 0.717) is 6.04 Å². The number of aliphatic hydroxyl groups excluding tert-OH is 1. The predicted molar refractivity (Wildman–Crippen MR) is 79.1 cm³/mol. The van der Waals surface area contributed by atoms with E-state index in [0.717, 1.165) is 24.0 Å².